The Hall–Kier alpha value is 0.350. The molecule has 1 aliphatic heterocycles. The maximum absolute atomic E-state index is 2.32. The summed E-state index contributed by atoms with van der Waals surface area (Å²) in [5, 5.41) is 1.04. The molecule has 168 valence electrons. The molecular formula is C28H50S. The first-order chi connectivity index (χ1) is 14.4. The summed E-state index contributed by atoms with van der Waals surface area (Å²) in [6.45, 7) is 0. The molecule has 0 spiro atoms. The van der Waals surface area contributed by atoms with Gasteiger partial charge in [-0.15, -0.1) is 0 Å². The first-order valence-electron chi connectivity index (χ1n) is 14.0. The summed E-state index contributed by atoms with van der Waals surface area (Å²) in [4.78, 5) is 0. The lowest BCUT2D eigenvalue weighted by molar-refractivity contribution is 0.249. The molecule has 0 radical (unpaired) electrons. The van der Waals surface area contributed by atoms with Crippen LogP contribution in [0.25, 0.3) is 0 Å². The Kier molecular flexibility index (Phi) is 9.64. The predicted octanol–water partition coefficient (Wildman–Crippen LogP) is 9.42. The number of hydrogen-bond donors (Lipinski definition) is 0. The minimum Gasteiger partial charge on any atom is -0.158 e. The summed E-state index contributed by atoms with van der Waals surface area (Å²) in [5.41, 5.74) is 0. The van der Waals surface area contributed by atoms with Gasteiger partial charge in [0.15, 0.2) is 0 Å². The summed E-state index contributed by atoms with van der Waals surface area (Å²) in [6.07, 6.45) is 32.6. The van der Waals surface area contributed by atoms with Gasteiger partial charge in [0.25, 0.3) is 0 Å². The third-order valence-corrected chi connectivity index (χ3v) is 11.1. The van der Waals surface area contributed by atoms with Crippen LogP contribution < -0.4 is 0 Å². The quantitative estimate of drug-likeness (QED) is 0.408. The Bertz CT molecular complexity index is 408. The molecule has 0 aromatic carbocycles. The molecule has 0 aromatic heterocycles. The van der Waals surface area contributed by atoms with Gasteiger partial charge in [0.1, 0.15) is 0 Å². The molecular weight excluding hydrogens is 368 g/mol. The van der Waals surface area contributed by atoms with E-state index in [2.05, 4.69) is 11.8 Å². The first-order valence-corrected chi connectivity index (χ1v) is 15.1. The molecule has 1 heterocycles. The first kappa shape index (κ1) is 22.5. The van der Waals surface area contributed by atoms with Crippen LogP contribution in [0.2, 0.25) is 0 Å². The van der Waals surface area contributed by atoms with Crippen molar-refractivity contribution < 1.29 is 0 Å². The Balaban J connectivity index is 1.30. The third-order valence-electron chi connectivity index (χ3n) is 9.61. The van der Waals surface area contributed by atoms with Gasteiger partial charge in [-0.05, 0) is 80.3 Å². The second-order valence-electron chi connectivity index (χ2n) is 11.4. The van der Waals surface area contributed by atoms with Crippen LogP contribution in [0.1, 0.15) is 135 Å². The van der Waals surface area contributed by atoms with Gasteiger partial charge in [0.05, 0.1) is 0 Å². The van der Waals surface area contributed by atoms with E-state index < -0.39 is 0 Å². The number of thioether (sulfide) groups is 1. The normalized spacial score (nSPS) is 41.4. The lowest BCUT2D eigenvalue weighted by atomic mass is 9.79. The lowest BCUT2D eigenvalue weighted by Crippen LogP contribution is -2.15. The molecule has 1 saturated heterocycles. The molecule has 0 N–H and O–H groups in total. The highest BCUT2D eigenvalue weighted by Gasteiger charge is 2.32. The van der Waals surface area contributed by atoms with E-state index in [0.717, 1.165) is 34.8 Å². The van der Waals surface area contributed by atoms with Crippen LogP contribution in [-0.2, 0) is 0 Å². The van der Waals surface area contributed by atoms with Crippen molar-refractivity contribution in [1.82, 2.24) is 0 Å². The van der Waals surface area contributed by atoms with Gasteiger partial charge in [-0.3, -0.25) is 0 Å². The van der Waals surface area contributed by atoms with E-state index in [1.807, 2.05) is 0 Å². The van der Waals surface area contributed by atoms with E-state index in [0.29, 0.717) is 0 Å². The standard InChI is InChI=1S/C28H50S/c1-2-4-6-12-25-18-20-26(19-17-24(25)11-5-3-1)23-13-7-8-15-27-21-22-29-28(27)16-10-9-14-23/h23-28H,1-22H2. The Morgan fingerprint density at radius 1 is 0.310 bits per heavy atom. The van der Waals surface area contributed by atoms with E-state index in [4.69, 9.17) is 0 Å². The fourth-order valence-electron chi connectivity index (χ4n) is 7.75. The molecule has 1 heteroatoms. The molecule has 3 aliphatic carbocycles. The molecule has 3 saturated carbocycles. The summed E-state index contributed by atoms with van der Waals surface area (Å²) in [7, 11) is 0. The van der Waals surface area contributed by atoms with Crippen molar-refractivity contribution >= 4 is 11.8 Å². The van der Waals surface area contributed by atoms with E-state index in [1.165, 1.54) is 76.4 Å². The van der Waals surface area contributed by atoms with Gasteiger partial charge >= 0.3 is 0 Å². The van der Waals surface area contributed by atoms with Gasteiger partial charge in [-0.25, -0.2) is 0 Å². The van der Waals surface area contributed by atoms with Crippen molar-refractivity contribution in [3.63, 3.8) is 0 Å². The van der Waals surface area contributed by atoms with Crippen LogP contribution in [-0.4, -0.2) is 11.0 Å². The zero-order valence-corrected chi connectivity index (χ0v) is 20.2. The zero-order valence-electron chi connectivity index (χ0n) is 19.4. The summed E-state index contributed by atoms with van der Waals surface area (Å²) in [5.74, 6) is 6.90. The van der Waals surface area contributed by atoms with Crippen LogP contribution >= 0.6 is 11.8 Å². The highest BCUT2D eigenvalue weighted by molar-refractivity contribution is 8.00. The highest BCUT2D eigenvalue weighted by atomic mass is 32.2. The summed E-state index contributed by atoms with van der Waals surface area (Å²) >= 11 is 2.32. The molecule has 0 amide bonds. The average molecular weight is 419 g/mol. The second kappa shape index (κ2) is 12.4. The van der Waals surface area contributed by atoms with Crippen LogP contribution in [0.4, 0.5) is 0 Å². The van der Waals surface area contributed by atoms with Crippen molar-refractivity contribution in [1.29, 1.82) is 0 Å². The molecule has 5 atom stereocenters. The Labute approximate surface area is 187 Å². The third kappa shape index (κ3) is 6.92. The maximum atomic E-state index is 2.32. The smallest absolute Gasteiger partial charge is 0.00756 e. The van der Waals surface area contributed by atoms with Crippen molar-refractivity contribution in [2.24, 2.45) is 29.6 Å². The average Bonchev–Trinajstić information content (AvgIpc) is 3.06. The zero-order chi connectivity index (χ0) is 19.7. The fraction of sp³-hybridized carbons (Fsp3) is 1.00. The molecule has 4 rings (SSSR count). The molecule has 4 fully saturated rings. The molecule has 0 nitrogen and oxygen atoms in total. The molecule has 0 bridgehead atoms. The van der Waals surface area contributed by atoms with Crippen molar-refractivity contribution in [2.45, 2.75) is 140 Å². The van der Waals surface area contributed by atoms with Gasteiger partial charge in [0, 0.05) is 5.25 Å². The van der Waals surface area contributed by atoms with Crippen LogP contribution in [0.3, 0.4) is 0 Å². The van der Waals surface area contributed by atoms with E-state index in [1.54, 1.807) is 64.2 Å². The number of fused-ring (bicyclic) bond motifs is 2. The van der Waals surface area contributed by atoms with Crippen molar-refractivity contribution in [3.8, 4) is 0 Å². The fourth-order valence-corrected chi connectivity index (χ4v) is 9.37. The minimum absolute atomic E-state index is 1.04. The van der Waals surface area contributed by atoms with E-state index in [9.17, 15) is 0 Å². The lowest BCUT2D eigenvalue weighted by Gasteiger charge is -2.26. The summed E-state index contributed by atoms with van der Waals surface area (Å²) in [6, 6.07) is 0. The van der Waals surface area contributed by atoms with Crippen molar-refractivity contribution in [2.75, 3.05) is 5.75 Å². The highest BCUT2D eigenvalue weighted by Crippen LogP contribution is 2.44. The van der Waals surface area contributed by atoms with Crippen LogP contribution in [0.15, 0.2) is 0 Å². The topological polar surface area (TPSA) is 0 Å². The Morgan fingerprint density at radius 3 is 1.28 bits per heavy atom. The SMILES string of the molecule is C1CCCCC2CCC(C3CCCCC4CCSC4CCCC3)CCC2CCC1. The van der Waals surface area contributed by atoms with Crippen LogP contribution in [0, 0.1) is 29.6 Å². The Morgan fingerprint density at radius 2 is 0.690 bits per heavy atom. The second-order valence-corrected chi connectivity index (χ2v) is 12.8. The van der Waals surface area contributed by atoms with E-state index >= 15 is 0 Å². The van der Waals surface area contributed by atoms with Gasteiger partial charge < -0.3 is 0 Å². The summed E-state index contributed by atoms with van der Waals surface area (Å²) < 4.78 is 0. The number of rotatable bonds is 1. The van der Waals surface area contributed by atoms with Gasteiger partial charge in [-0.2, -0.15) is 11.8 Å². The largest absolute Gasteiger partial charge is 0.158 e. The van der Waals surface area contributed by atoms with E-state index in [-0.39, 0.29) is 0 Å². The number of hydrogen-bond acceptors (Lipinski definition) is 1. The monoisotopic (exact) mass is 418 g/mol. The molecule has 4 aliphatic rings. The molecule has 29 heavy (non-hydrogen) atoms. The predicted molar refractivity (Wildman–Crippen MR) is 131 cm³/mol. The molecule has 5 unspecified atom stereocenters. The van der Waals surface area contributed by atoms with Crippen LogP contribution in [0.5, 0.6) is 0 Å². The maximum Gasteiger partial charge on any atom is 0.00756 e. The molecule has 0 aromatic rings. The minimum atomic E-state index is 1.04. The van der Waals surface area contributed by atoms with Gasteiger partial charge in [-0.1, -0.05) is 89.9 Å². The van der Waals surface area contributed by atoms with Gasteiger partial charge in [0.2, 0.25) is 0 Å². The van der Waals surface area contributed by atoms with Crippen molar-refractivity contribution in [3.05, 3.63) is 0 Å².